The Morgan fingerprint density at radius 3 is 2.30 bits per heavy atom. The molecule has 23 heavy (non-hydrogen) atoms. The van der Waals surface area contributed by atoms with E-state index in [0.29, 0.717) is 6.07 Å². The van der Waals surface area contributed by atoms with E-state index in [4.69, 9.17) is 10.6 Å². The quantitative estimate of drug-likeness (QED) is 0.358. The zero-order valence-corrected chi connectivity index (χ0v) is 13.3. The molecular weight excluding hydrogens is 376 g/mol. The van der Waals surface area contributed by atoms with Gasteiger partial charge in [0.25, 0.3) is 11.4 Å². The monoisotopic (exact) mass is 386 g/mol. The third-order valence-corrected chi connectivity index (χ3v) is 2.85. The number of nitro benzene ring substituents is 2. The largest absolute Gasteiger partial charge is 0.868 e. The van der Waals surface area contributed by atoms with Crippen LogP contribution in [0.4, 0.5) is 11.4 Å². The molecule has 0 radical (unpaired) electrons. The average Bonchev–Trinajstić information content (AvgIpc) is 2.46. The summed E-state index contributed by atoms with van der Waals surface area (Å²) in [6.45, 7) is 0. The Morgan fingerprint density at radius 1 is 1.17 bits per heavy atom. The van der Waals surface area contributed by atoms with E-state index in [1.54, 1.807) is 19.5 Å². The van der Waals surface area contributed by atoms with Gasteiger partial charge in [0, 0.05) is 12.1 Å². The standard InChI is InChI=1S/C6H8BrN2O.C6H4N2O5/c1-10-6-2-5(7)3-9(8)4-6;9-6-2-1-4(7(10)11)3-5(6)8(12)13/h2-4H,8H2,1H3;1-3,9H/q+1;/p-1. The lowest BCUT2D eigenvalue weighted by molar-refractivity contribution is -0.639. The van der Waals surface area contributed by atoms with Crippen molar-refractivity contribution in [1.82, 2.24) is 0 Å². The van der Waals surface area contributed by atoms with E-state index >= 15 is 0 Å². The topological polar surface area (TPSA) is 148 Å². The molecule has 1 aromatic carbocycles. The smallest absolute Gasteiger partial charge is 0.276 e. The fourth-order valence-corrected chi connectivity index (χ4v) is 1.87. The Morgan fingerprint density at radius 2 is 1.83 bits per heavy atom. The number of nitrogens with zero attached hydrogens (tertiary/aromatic N) is 3. The van der Waals surface area contributed by atoms with Crippen molar-refractivity contribution in [1.29, 1.82) is 0 Å². The summed E-state index contributed by atoms with van der Waals surface area (Å²) in [6.07, 6.45) is 3.42. The van der Waals surface area contributed by atoms with Gasteiger partial charge in [0.05, 0.1) is 27.5 Å². The fraction of sp³-hybridized carbons (Fsp3) is 0.0833. The van der Waals surface area contributed by atoms with Crippen molar-refractivity contribution in [3.05, 3.63) is 61.4 Å². The third-order valence-electron chi connectivity index (χ3n) is 2.41. The molecule has 2 rings (SSSR count). The van der Waals surface area contributed by atoms with Crippen LogP contribution in [0.15, 0.2) is 41.1 Å². The van der Waals surface area contributed by atoms with Crippen molar-refractivity contribution < 1.29 is 24.4 Å². The number of aromatic nitrogens is 1. The summed E-state index contributed by atoms with van der Waals surface area (Å²) in [6, 6.07) is 4.21. The number of pyridine rings is 1. The van der Waals surface area contributed by atoms with E-state index in [9.17, 15) is 25.3 Å². The van der Waals surface area contributed by atoms with Crippen LogP contribution in [0.5, 0.6) is 11.5 Å². The van der Waals surface area contributed by atoms with E-state index in [2.05, 4.69) is 15.9 Å². The summed E-state index contributed by atoms with van der Waals surface area (Å²) in [5.74, 6) is 5.34. The molecule has 10 nitrogen and oxygen atoms in total. The van der Waals surface area contributed by atoms with Crippen molar-refractivity contribution in [2.45, 2.75) is 0 Å². The van der Waals surface area contributed by atoms with Gasteiger partial charge in [-0.15, -0.1) is 0 Å². The molecule has 0 amide bonds. The second-order valence-corrected chi connectivity index (χ2v) is 4.92. The first-order valence-electron chi connectivity index (χ1n) is 5.85. The van der Waals surface area contributed by atoms with Crippen LogP contribution in [-0.4, -0.2) is 17.0 Å². The molecule has 0 aliphatic carbocycles. The lowest BCUT2D eigenvalue weighted by atomic mass is 10.2. The second-order valence-electron chi connectivity index (χ2n) is 4.01. The van der Waals surface area contributed by atoms with Crippen LogP contribution in [0.25, 0.3) is 0 Å². The molecule has 0 aliphatic heterocycles. The number of ether oxygens (including phenoxy) is 1. The predicted molar refractivity (Wildman–Crippen MR) is 80.2 cm³/mol. The summed E-state index contributed by atoms with van der Waals surface area (Å²) < 4.78 is 7.28. The molecule has 0 bridgehead atoms. The van der Waals surface area contributed by atoms with Gasteiger partial charge in [0.1, 0.15) is 0 Å². The summed E-state index contributed by atoms with van der Waals surface area (Å²) in [4.78, 5) is 18.6. The maximum atomic E-state index is 10.8. The minimum Gasteiger partial charge on any atom is -0.868 e. The highest BCUT2D eigenvalue weighted by atomic mass is 79.9. The van der Waals surface area contributed by atoms with Crippen LogP contribution >= 0.6 is 15.9 Å². The van der Waals surface area contributed by atoms with Crippen molar-refractivity contribution in [3.63, 3.8) is 0 Å². The van der Waals surface area contributed by atoms with Gasteiger partial charge in [0.15, 0.2) is 5.75 Å². The van der Waals surface area contributed by atoms with Gasteiger partial charge in [-0.3, -0.25) is 20.2 Å². The Bertz CT molecular complexity index is 719. The first-order valence-corrected chi connectivity index (χ1v) is 6.64. The first-order chi connectivity index (χ1) is 10.7. The summed E-state index contributed by atoms with van der Waals surface area (Å²) >= 11 is 3.27. The number of nitrogens with two attached hydrogens (primary N) is 1. The lowest BCUT2D eigenvalue weighted by Gasteiger charge is -2.03. The minimum absolute atomic E-state index is 0.466. The highest BCUT2D eigenvalue weighted by Gasteiger charge is 2.13. The Kier molecular flexibility index (Phi) is 6.21. The van der Waals surface area contributed by atoms with Gasteiger partial charge in [-0.25, -0.2) is 5.84 Å². The van der Waals surface area contributed by atoms with Crippen molar-refractivity contribution in [3.8, 4) is 11.5 Å². The van der Waals surface area contributed by atoms with Crippen LogP contribution in [0.3, 0.4) is 0 Å². The van der Waals surface area contributed by atoms with Gasteiger partial charge in [-0.1, -0.05) is 10.7 Å². The number of rotatable bonds is 3. The number of non-ortho nitro benzene ring substituents is 1. The second kappa shape index (κ2) is 7.89. The van der Waals surface area contributed by atoms with Crippen molar-refractivity contribution in [2.75, 3.05) is 13.0 Å². The molecule has 1 heterocycles. The van der Waals surface area contributed by atoms with Crippen LogP contribution in [0, 0.1) is 20.2 Å². The first kappa shape index (κ1) is 18.1. The number of nitro groups is 2. The number of nitrogen functional groups attached to an aromatic ring is 1. The fourth-order valence-electron chi connectivity index (χ4n) is 1.41. The van der Waals surface area contributed by atoms with E-state index in [-0.39, 0.29) is 0 Å². The Hall–Kier alpha value is -2.95. The summed E-state index contributed by atoms with van der Waals surface area (Å²) in [5.41, 5.74) is -1.25. The van der Waals surface area contributed by atoms with Crippen LogP contribution in [0.2, 0.25) is 0 Å². The lowest BCUT2D eigenvalue weighted by Crippen LogP contribution is -2.43. The number of methoxy groups -OCH3 is 1. The number of hydrogen-bond donors (Lipinski definition) is 1. The van der Waals surface area contributed by atoms with Gasteiger partial charge in [0.2, 0.25) is 12.4 Å². The molecule has 2 N–H and O–H groups in total. The SMILES string of the molecule is COc1cc(Br)c[n+](N)c1.O=[N+]([O-])c1ccc([O-])c([N+](=O)[O-])c1. The predicted octanol–water partition coefficient (Wildman–Crippen LogP) is 1.04. The zero-order valence-electron chi connectivity index (χ0n) is 11.7. The van der Waals surface area contributed by atoms with E-state index < -0.39 is 27.0 Å². The Balaban J connectivity index is 0.000000238. The molecule has 0 aliphatic rings. The molecule has 0 atom stereocenters. The maximum absolute atomic E-state index is 10.8. The van der Waals surface area contributed by atoms with Crippen molar-refractivity contribution >= 4 is 27.3 Å². The molecule has 0 saturated heterocycles. The number of hydrogen-bond acceptors (Lipinski definition) is 7. The molecule has 0 fully saturated rings. The molecule has 0 saturated carbocycles. The van der Waals surface area contributed by atoms with Gasteiger partial charge >= 0.3 is 0 Å². The third kappa shape index (κ3) is 5.39. The van der Waals surface area contributed by atoms with Gasteiger partial charge in [-0.2, -0.15) is 0 Å². The molecule has 122 valence electrons. The van der Waals surface area contributed by atoms with Crippen LogP contribution in [0.1, 0.15) is 0 Å². The van der Waals surface area contributed by atoms with Crippen LogP contribution < -0.4 is 20.4 Å². The van der Waals surface area contributed by atoms with Gasteiger partial charge in [-0.05, 0) is 21.7 Å². The maximum Gasteiger partial charge on any atom is 0.276 e. The molecule has 2 aromatic rings. The summed E-state index contributed by atoms with van der Waals surface area (Å²) in [7, 11) is 1.60. The highest BCUT2D eigenvalue weighted by molar-refractivity contribution is 9.10. The Labute approximate surface area is 138 Å². The normalized spacial score (nSPS) is 9.48. The van der Waals surface area contributed by atoms with E-state index in [0.717, 1.165) is 22.4 Å². The van der Waals surface area contributed by atoms with Gasteiger partial charge < -0.3 is 9.84 Å². The minimum atomic E-state index is -0.949. The van der Waals surface area contributed by atoms with Crippen LogP contribution in [-0.2, 0) is 0 Å². The average molecular weight is 387 g/mol. The molecule has 1 aromatic heterocycles. The highest BCUT2D eigenvalue weighted by Crippen LogP contribution is 2.27. The zero-order chi connectivity index (χ0) is 17.6. The van der Waals surface area contributed by atoms with E-state index in [1.165, 1.54) is 4.68 Å². The molecule has 0 unspecified atom stereocenters. The summed E-state index contributed by atoms with van der Waals surface area (Å²) in [5, 5.41) is 31.1. The molecular formula is C12H11BrN4O6. The molecule has 0 spiro atoms. The van der Waals surface area contributed by atoms with E-state index in [1.807, 2.05) is 6.07 Å². The molecule has 11 heteroatoms. The number of benzene rings is 1. The van der Waals surface area contributed by atoms with Crippen molar-refractivity contribution in [2.24, 2.45) is 0 Å². The number of halogens is 1.